The normalized spacial score (nSPS) is 10.6. The second-order valence-corrected chi connectivity index (χ2v) is 6.82. The smallest absolute Gasteiger partial charge is 0.288 e. The summed E-state index contributed by atoms with van der Waals surface area (Å²) >= 11 is 1.44. The van der Waals surface area contributed by atoms with Crippen LogP contribution < -0.4 is 15.6 Å². The lowest BCUT2D eigenvalue weighted by molar-refractivity contribution is 0.0843. The first kappa shape index (κ1) is 17.7. The maximum Gasteiger partial charge on any atom is 0.288 e. The molecule has 0 aliphatic carbocycles. The van der Waals surface area contributed by atoms with Gasteiger partial charge in [-0.1, -0.05) is 18.2 Å². The maximum absolute atomic E-state index is 12.4. The minimum absolute atomic E-state index is 0.392. The van der Waals surface area contributed by atoms with Gasteiger partial charge in [0.25, 0.3) is 11.8 Å². The van der Waals surface area contributed by atoms with Crippen LogP contribution >= 0.6 is 11.3 Å². The number of fused-ring (bicyclic) bond motifs is 1. The molecule has 0 bridgehead atoms. The molecule has 0 fully saturated rings. The third-order valence-corrected chi connectivity index (χ3v) is 4.79. The number of aromatic nitrogens is 2. The van der Waals surface area contributed by atoms with Crippen LogP contribution in [0.25, 0.3) is 4.96 Å². The topological polar surface area (TPSA) is 84.7 Å². The molecular formula is C20H16N4O3S. The molecule has 28 heavy (non-hydrogen) atoms. The van der Waals surface area contributed by atoms with E-state index in [1.54, 1.807) is 41.8 Å². The summed E-state index contributed by atoms with van der Waals surface area (Å²) in [7, 11) is 0. The van der Waals surface area contributed by atoms with Crippen LogP contribution in [0.15, 0.2) is 66.2 Å². The molecule has 4 rings (SSSR count). The van der Waals surface area contributed by atoms with Gasteiger partial charge in [0.2, 0.25) is 0 Å². The summed E-state index contributed by atoms with van der Waals surface area (Å²) in [4.78, 5) is 29.8. The number of benzene rings is 2. The fraction of sp³-hybridized carbons (Fsp3) is 0.0500. The molecule has 0 aliphatic heterocycles. The summed E-state index contributed by atoms with van der Waals surface area (Å²) in [6.45, 7) is 1.75. The summed E-state index contributed by atoms with van der Waals surface area (Å²) in [6, 6.07) is 16.0. The van der Waals surface area contributed by atoms with Gasteiger partial charge in [0.1, 0.15) is 17.2 Å². The molecule has 0 saturated carbocycles. The number of rotatable bonds is 4. The molecule has 0 aliphatic rings. The molecule has 0 atom stereocenters. The van der Waals surface area contributed by atoms with Gasteiger partial charge < -0.3 is 4.74 Å². The molecule has 2 N–H and O–H groups in total. The number of amides is 2. The summed E-state index contributed by atoms with van der Waals surface area (Å²) in [5, 5.41) is 1.84. The highest BCUT2D eigenvalue weighted by atomic mass is 32.1. The van der Waals surface area contributed by atoms with E-state index in [9.17, 15) is 9.59 Å². The number of hydrogen-bond donors (Lipinski definition) is 2. The van der Waals surface area contributed by atoms with E-state index in [0.717, 1.165) is 4.96 Å². The number of carbonyl (C=O) groups is 2. The van der Waals surface area contributed by atoms with Crippen molar-refractivity contribution >= 4 is 28.1 Å². The molecule has 0 unspecified atom stereocenters. The number of thiazole rings is 1. The van der Waals surface area contributed by atoms with Crippen molar-refractivity contribution in [3.63, 3.8) is 0 Å². The van der Waals surface area contributed by atoms with Gasteiger partial charge in [-0.25, -0.2) is 4.98 Å². The minimum atomic E-state index is -0.430. The largest absolute Gasteiger partial charge is 0.457 e. The van der Waals surface area contributed by atoms with Crippen molar-refractivity contribution in [1.82, 2.24) is 20.2 Å². The number of para-hydroxylation sites is 1. The first-order valence-corrected chi connectivity index (χ1v) is 9.35. The average Bonchev–Trinajstić information content (AvgIpc) is 3.27. The maximum atomic E-state index is 12.4. The molecule has 4 aromatic rings. The van der Waals surface area contributed by atoms with Crippen LogP contribution in [0.5, 0.6) is 11.5 Å². The Morgan fingerprint density at radius 2 is 1.64 bits per heavy atom. The zero-order valence-corrected chi connectivity index (χ0v) is 15.7. The molecule has 8 heteroatoms. The monoisotopic (exact) mass is 392 g/mol. The Bertz CT molecular complexity index is 1130. The molecule has 2 aromatic carbocycles. The van der Waals surface area contributed by atoms with Gasteiger partial charge in [-0.05, 0) is 43.3 Å². The molecule has 0 spiro atoms. The zero-order valence-electron chi connectivity index (χ0n) is 14.9. The number of nitrogens with one attached hydrogen (secondary N) is 2. The van der Waals surface area contributed by atoms with E-state index in [1.165, 1.54) is 11.3 Å². The fourth-order valence-corrected chi connectivity index (χ4v) is 3.47. The molecular weight excluding hydrogens is 376 g/mol. The summed E-state index contributed by atoms with van der Waals surface area (Å²) in [6.07, 6.45) is 1.77. The quantitative estimate of drug-likeness (QED) is 0.520. The predicted octanol–water partition coefficient (Wildman–Crippen LogP) is 3.57. The van der Waals surface area contributed by atoms with E-state index in [4.69, 9.17) is 4.74 Å². The first-order chi connectivity index (χ1) is 13.6. The average molecular weight is 392 g/mol. The minimum Gasteiger partial charge on any atom is -0.457 e. The van der Waals surface area contributed by atoms with Crippen LogP contribution in [-0.2, 0) is 0 Å². The van der Waals surface area contributed by atoms with E-state index in [-0.39, 0.29) is 0 Å². The third kappa shape index (κ3) is 3.58. The fourth-order valence-electron chi connectivity index (χ4n) is 2.71. The molecule has 0 saturated heterocycles. The Kier molecular flexibility index (Phi) is 4.77. The number of ether oxygens (including phenoxy) is 1. The molecule has 0 radical (unpaired) electrons. The second-order valence-electron chi connectivity index (χ2n) is 5.95. The summed E-state index contributed by atoms with van der Waals surface area (Å²) < 4.78 is 7.39. The van der Waals surface area contributed by atoms with E-state index < -0.39 is 11.8 Å². The van der Waals surface area contributed by atoms with Crippen LogP contribution in [0.2, 0.25) is 0 Å². The highest BCUT2D eigenvalue weighted by molar-refractivity contribution is 7.15. The molecule has 140 valence electrons. The number of hydrazine groups is 1. The van der Waals surface area contributed by atoms with Crippen molar-refractivity contribution in [2.75, 3.05) is 0 Å². The SMILES string of the molecule is Cc1nc2sccn2c1C(=O)NNC(=O)c1ccc(Oc2ccccc2)cc1. The van der Waals surface area contributed by atoms with Gasteiger partial charge in [-0.3, -0.25) is 24.8 Å². The highest BCUT2D eigenvalue weighted by Gasteiger charge is 2.18. The van der Waals surface area contributed by atoms with Gasteiger partial charge in [0.05, 0.1) is 5.69 Å². The number of aryl methyl sites for hydroxylation is 1. The van der Waals surface area contributed by atoms with E-state index in [2.05, 4.69) is 15.8 Å². The molecule has 2 heterocycles. The Morgan fingerprint density at radius 1 is 0.964 bits per heavy atom. The highest BCUT2D eigenvalue weighted by Crippen LogP contribution is 2.21. The lowest BCUT2D eigenvalue weighted by Crippen LogP contribution is -2.42. The van der Waals surface area contributed by atoms with Crippen molar-refractivity contribution in [3.8, 4) is 11.5 Å². The van der Waals surface area contributed by atoms with E-state index in [0.29, 0.717) is 28.5 Å². The van der Waals surface area contributed by atoms with Crippen LogP contribution in [-0.4, -0.2) is 21.2 Å². The van der Waals surface area contributed by atoms with Crippen molar-refractivity contribution < 1.29 is 14.3 Å². The second kappa shape index (κ2) is 7.53. The van der Waals surface area contributed by atoms with Gasteiger partial charge in [-0.15, -0.1) is 11.3 Å². The van der Waals surface area contributed by atoms with E-state index >= 15 is 0 Å². The first-order valence-electron chi connectivity index (χ1n) is 8.47. The predicted molar refractivity (Wildman–Crippen MR) is 106 cm³/mol. The van der Waals surface area contributed by atoms with E-state index in [1.807, 2.05) is 35.7 Å². The van der Waals surface area contributed by atoms with Gasteiger partial charge in [0.15, 0.2) is 4.96 Å². The van der Waals surface area contributed by atoms with Crippen molar-refractivity contribution in [3.05, 3.63) is 83.1 Å². The summed E-state index contributed by atoms with van der Waals surface area (Å²) in [5.41, 5.74) is 6.24. The Hall–Kier alpha value is -3.65. The Balaban J connectivity index is 1.39. The lowest BCUT2D eigenvalue weighted by atomic mass is 10.2. The molecule has 7 nitrogen and oxygen atoms in total. The summed E-state index contributed by atoms with van der Waals surface area (Å²) in [5.74, 6) is 0.466. The number of hydrogen-bond acceptors (Lipinski definition) is 5. The zero-order chi connectivity index (χ0) is 19.5. The standard InChI is InChI=1S/C20H16N4O3S/c1-13-17(24-11-12-28-20(24)21-13)19(26)23-22-18(25)14-7-9-16(10-8-14)27-15-5-3-2-4-6-15/h2-12H,1H3,(H,22,25)(H,23,26). The third-order valence-electron chi connectivity index (χ3n) is 4.04. The van der Waals surface area contributed by atoms with Crippen molar-refractivity contribution in [1.29, 1.82) is 0 Å². The van der Waals surface area contributed by atoms with Crippen LogP contribution in [0.3, 0.4) is 0 Å². The van der Waals surface area contributed by atoms with Gasteiger partial charge in [0, 0.05) is 17.1 Å². The lowest BCUT2D eigenvalue weighted by Gasteiger charge is -2.09. The number of carbonyl (C=O) groups excluding carboxylic acids is 2. The van der Waals surface area contributed by atoms with Gasteiger partial charge in [-0.2, -0.15) is 0 Å². The molecule has 2 amide bonds. The number of imidazole rings is 1. The Labute approximate surface area is 164 Å². The van der Waals surface area contributed by atoms with Crippen molar-refractivity contribution in [2.24, 2.45) is 0 Å². The van der Waals surface area contributed by atoms with Crippen molar-refractivity contribution in [2.45, 2.75) is 6.92 Å². The van der Waals surface area contributed by atoms with Crippen LogP contribution in [0, 0.1) is 6.92 Å². The van der Waals surface area contributed by atoms with Crippen LogP contribution in [0.4, 0.5) is 0 Å². The Morgan fingerprint density at radius 3 is 2.39 bits per heavy atom. The van der Waals surface area contributed by atoms with Crippen LogP contribution in [0.1, 0.15) is 26.5 Å². The number of nitrogens with zero attached hydrogens (tertiary/aromatic N) is 2. The molecule has 2 aromatic heterocycles. The van der Waals surface area contributed by atoms with Gasteiger partial charge >= 0.3 is 0 Å².